The summed E-state index contributed by atoms with van der Waals surface area (Å²) in [5.74, 6) is -3.23. The van der Waals surface area contributed by atoms with E-state index in [1.165, 1.54) is 13.2 Å². The lowest BCUT2D eigenvalue weighted by atomic mass is 9.91. The lowest BCUT2D eigenvalue weighted by molar-refractivity contribution is -0.176. The van der Waals surface area contributed by atoms with Gasteiger partial charge in [-0.25, -0.2) is 4.79 Å². The summed E-state index contributed by atoms with van der Waals surface area (Å²) < 4.78 is 16.8. The van der Waals surface area contributed by atoms with Crippen molar-refractivity contribution < 1.29 is 38.5 Å². The van der Waals surface area contributed by atoms with Crippen molar-refractivity contribution in [1.29, 1.82) is 0 Å². The molecule has 0 spiro atoms. The number of ether oxygens (including phenoxy) is 3. The van der Waals surface area contributed by atoms with Gasteiger partial charge in [0.2, 0.25) is 11.8 Å². The van der Waals surface area contributed by atoms with Gasteiger partial charge in [-0.3, -0.25) is 14.4 Å². The van der Waals surface area contributed by atoms with Crippen molar-refractivity contribution in [3.63, 3.8) is 0 Å². The first-order chi connectivity index (χ1) is 22.3. The zero-order chi connectivity index (χ0) is 34.7. The fourth-order valence-corrected chi connectivity index (χ4v) is 6.00. The zero-order valence-electron chi connectivity index (χ0n) is 27.3. The molecule has 1 aliphatic heterocycles. The maximum absolute atomic E-state index is 13.5. The molecule has 2 aromatic carbocycles. The summed E-state index contributed by atoms with van der Waals surface area (Å²) in [5.41, 5.74) is 1.36. The highest BCUT2D eigenvalue weighted by Crippen LogP contribution is 2.33. The molecular weight excluding hydrogens is 692 g/mol. The first-order valence-electron chi connectivity index (χ1n) is 15.7. The Morgan fingerprint density at radius 3 is 2.38 bits per heavy atom. The van der Waals surface area contributed by atoms with E-state index in [0.29, 0.717) is 21.9 Å². The molecule has 0 saturated heterocycles. The van der Waals surface area contributed by atoms with Crippen LogP contribution >= 0.6 is 27.5 Å². The molecule has 0 fully saturated rings. The van der Waals surface area contributed by atoms with Crippen molar-refractivity contribution in [3.05, 3.63) is 76.8 Å². The van der Waals surface area contributed by atoms with E-state index in [9.17, 15) is 24.3 Å². The van der Waals surface area contributed by atoms with Crippen LogP contribution in [-0.2, 0) is 35.1 Å². The second-order valence-electron chi connectivity index (χ2n) is 12.2. The summed E-state index contributed by atoms with van der Waals surface area (Å²) >= 11 is 9.90. The molecule has 0 aromatic heterocycles. The number of hydrogen-bond acceptors (Lipinski definition) is 8. The second-order valence-corrected chi connectivity index (χ2v) is 13.7. The van der Waals surface area contributed by atoms with Crippen LogP contribution in [0.3, 0.4) is 0 Å². The van der Waals surface area contributed by atoms with Gasteiger partial charge in [0.1, 0.15) is 17.9 Å². The number of aliphatic hydroxyl groups is 1. The smallest absolute Gasteiger partial charge is 0.347 e. The highest BCUT2D eigenvalue weighted by atomic mass is 79.9. The fraction of sp³-hybridized carbons (Fsp3) is 0.486. The Morgan fingerprint density at radius 2 is 1.74 bits per heavy atom. The number of carbonyl (C=O) groups is 4. The lowest BCUT2D eigenvalue weighted by Crippen LogP contribution is -2.49. The van der Waals surface area contributed by atoms with Crippen LogP contribution in [0.1, 0.15) is 57.8 Å². The maximum Gasteiger partial charge on any atom is 0.347 e. The number of methoxy groups -OCH3 is 1. The van der Waals surface area contributed by atoms with Gasteiger partial charge in [-0.2, -0.15) is 0 Å². The van der Waals surface area contributed by atoms with Crippen LogP contribution in [0.15, 0.2) is 60.7 Å². The number of carbonyl (C=O) groups excluding carboxylic acids is 4. The molecule has 0 saturated carbocycles. The Labute approximate surface area is 289 Å². The van der Waals surface area contributed by atoms with Gasteiger partial charge < -0.3 is 30.0 Å². The van der Waals surface area contributed by atoms with Gasteiger partial charge in [-0.1, -0.05) is 97.7 Å². The Morgan fingerprint density at radius 1 is 1.04 bits per heavy atom. The van der Waals surface area contributed by atoms with E-state index in [1.807, 2.05) is 39.0 Å². The van der Waals surface area contributed by atoms with Crippen LogP contribution in [0.25, 0.3) is 0 Å². The minimum Gasteiger partial charge on any atom is -0.495 e. The molecule has 2 amide bonds. The predicted octanol–water partition coefficient (Wildman–Crippen LogP) is 5.09. The monoisotopic (exact) mass is 734 g/mol. The van der Waals surface area contributed by atoms with Crippen molar-refractivity contribution in [1.82, 2.24) is 10.6 Å². The number of alkyl halides is 1. The van der Waals surface area contributed by atoms with E-state index in [2.05, 4.69) is 26.6 Å². The average Bonchev–Trinajstić information content (AvgIpc) is 3.04. The third-order valence-corrected chi connectivity index (χ3v) is 9.55. The van der Waals surface area contributed by atoms with E-state index >= 15 is 0 Å². The molecule has 0 unspecified atom stereocenters. The summed E-state index contributed by atoms with van der Waals surface area (Å²) in [6, 6.07) is 13.2. The second kappa shape index (κ2) is 18.2. The molecule has 0 aliphatic carbocycles. The van der Waals surface area contributed by atoms with Crippen LogP contribution in [-0.4, -0.2) is 65.6 Å². The first kappa shape index (κ1) is 38.0. The number of nitrogens with one attached hydrogen (secondary N) is 2. The fourth-order valence-electron chi connectivity index (χ4n) is 5.07. The number of halogens is 2. The number of aliphatic hydroxyl groups excluding tert-OH is 1. The minimum atomic E-state index is -1.18. The topological polar surface area (TPSA) is 140 Å². The Bertz CT molecular complexity index is 1410. The van der Waals surface area contributed by atoms with Crippen LogP contribution in [0.2, 0.25) is 5.02 Å². The standard InChI is InChI=1S/C35H44BrClN2O8/c1-20(2)16-29-35(44)46-27(22(4)31(36)32(41)24-10-7-6-8-11-24)12-9-13-30(40)39-26(33(42)38-19-21(3)34(43)47-29)18-23-14-15-28(45-5)25(37)17-23/h6-11,13-15,17,20-22,26-27,29,31-32,41H,12,16,18-19H2,1-5H3,(H,38,42)(H,39,40)/t21-,22+,26-,27+,29+,31+,32-/m1/s1. The largest absolute Gasteiger partial charge is 0.495 e. The first-order valence-corrected chi connectivity index (χ1v) is 16.9. The molecule has 1 heterocycles. The van der Waals surface area contributed by atoms with Crippen molar-refractivity contribution in [2.75, 3.05) is 13.7 Å². The van der Waals surface area contributed by atoms with E-state index in [4.69, 9.17) is 25.8 Å². The lowest BCUT2D eigenvalue weighted by Gasteiger charge is -2.31. The van der Waals surface area contributed by atoms with Crippen LogP contribution in [0.4, 0.5) is 0 Å². The summed E-state index contributed by atoms with van der Waals surface area (Å²) in [6.07, 6.45) is 0.358. The molecule has 0 radical (unpaired) electrons. The maximum atomic E-state index is 13.5. The highest BCUT2D eigenvalue weighted by molar-refractivity contribution is 9.09. The number of benzene rings is 2. The Hall–Kier alpha value is -3.41. The molecule has 12 heteroatoms. The quantitative estimate of drug-likeness (QED) is 0.239. The molecule has 1 aliphatic rings. The molecule has 3 N–H and O–H groups in total. The zero-order valence-corrected chi connectivity index (χ0v) is 29.6. The molecule has 256 valence electrons. The van der Waals surface area contributed by atoms with E-state index < -0.39 is 64.8 Å². The molecule has 10 nitrogen and oxygen atoms in total. The van der Waals surface area contributed by atoms with Crippen LogP contribution < -0.4 is 15.4 Å². The SMILES string of the molecule is COc1ccc(C[C@H]2NC(=O)C=CC[C@@H]([C@H](C)[C@H](Br)[C@H](O)c3ccccc3)OC(=O)[C@H](CC(C)C)OC(=O)[C@H](C)CNC2=O)cc1Cl. The van der Waals surface area contributed by atoms with E-state index in [1.54, 1.807) is 43.3 Å². The third-order valence-electron chi connectivity index (χ3n) is 7.92. The average molecular weight is 736 g/mol. The van der Waals surface area contributed by atoms with Crippen LogP contribution in [0.5, 0.6) is 5.75 Å². The predicted molar refractivity (Wildman–Crippen MR) is 182 cm³/mol. The van der Waals surface area contributed by atoms with Gasteiger partial charge >= 0.3 is 11.9 Å². The summed E-state index contributed by atoms with van der Waals surface area (Å²) in [7, 11) is 1.50. The van der Waals surface area contributed by atoms with Gasteiger partial charge in [0.25, 0.3) is 0 Å². The number of hydrogen-bond donors (Lipinski definition) is 3. The summed E-state index contributed by atoms with van der Waals surface area (Å²) in [5, 5.41) is 16.9. The van der Waals surface area contributed by atoms with Gasteiger partial charge in [0.05, 0.1) is 29.0 Å². The molecule has 0 bridgehead atoms. The molecular formula is C35H44BrClN2O8. The van der Waals surface area contributed by atoms with Gasteiger partial charge in [-0.15, -0.1) is 0 Å². The number of cyclic esters (lactones) is 2. The van der Waals surface area contributed by atoms with Gasteiger partial charge in [-0.05, 0) is 41.7 Å². The van der Waals surface area contributed by atoms with Crippen molar-refractivity contribution in [3.8, 4) is 5.75 Å². The summed E-state index contributed by atoms with van der Waals surface area (Å²) in [4.78, 5) is 52.5. The molecule has 47 heavy (non-hydrogen) atoms. The Balaban J connectivity index is 1.92. The third kappa shape index (κ3) is 11.4. The Kier molecular flexibility index (Phi) is 14.7. The van der Waals surface area contributed by atoms with Gasteiger partial charge in [0.15, 0.2) is 6.10 Å². The molecule has 3 rings (SSSR count). The number of rotatable bonds is 9. The molecule has 7 atom stereocenters. The van der Waals surface area contributed by atoms with E-state index in [0.717, 1.165) is 0 Å². The van der Waals surface area contributed by atoms with Crippen molar-refractivity contribution in [2.45, 2.75) is 76.1 Å². The molecule has 2 aromatic rings. The minimum absolute atomic E-state index is 0.00328. The highest BCUT2D eigenvalue weighted by Gasteiger charge is 2.35. The van der Waals surface area contributed by atoms with Crippen LogP contribution in [0, 0.1) is 17.8 Å². The van der Waals surface area contributed by atoms with Gasteiger partial charge in [0, 0.05) is 25.3 Å². The summed E-state index contributed by atoms with van der Waals surface area (Å²) in [6.45, 7) is 7.10. The number of amides is 2. The van der Waals surface area contributed by atoms with Crippen molar-refractivity contribution >= 4 is 51.3 Å². The number of esters is 2. The van der Waals surface area contributed by atoms with Crippen molar-refractivity contribution in [2.24, 2.45) is 17.8 Å². The van der Waals surface area contributed by atoms with E-state index in [-0.39, 0.29) is 31.7 Å². The normalized spacial score (nSPS) is 23.6.